The SMILES string of the molecule is CC(C)(C)NS(=O)(=O)CC(c1cccnc1)S(N)(=O)=O. The fourth-order valence-electron chi connectivity index (χ4n) is 1.65. The van der Waals surface area contributed by atoms with E-state index < -0.39 is 36.6 Å². The molecule has 9 heteroatoms. The number of nitrogens with two attached hydrogens (primary N) is 1. The maximum atomic E-state index is 12.0. The third kappa shape index (κ3) is 5.53. The topological polar surface area (TPSA) is 119 Å². The van der Waals surface area contributed by atoms with Crippen molar-refractivity contribution in [2.24, 2.45) is 5.14 Å². The molecule has 1 atom stereocenters. The minimum Gasteiger partial charge on any atom is -0.264 e. The molecule has 3 N–H and O–H groups in total. The number of nitrogens with one attached hydrogen (secondary N) is 1. The van der Waals surface area contributed by atoms with Crippen LogP contribution in [0.25, 0.3) is 0 Å². The Morgan fingerprint density at radius 2 is 1.90 bits per heavy atom. The lowest BCUT2D eigenvalue weighted by molar-refractivity contribution is 0.490. The molecule has 114 valence electrons. The van der Waals surface area contributed by atoms with Gasteiger partial charge >= 0.3 is 0 Å². The molecule has 1 unspecified atom stereocenters. The molecule has 0 spiro atoms. The minimum absolute atomic E-state index is 0.245. The zero-order valence-electron chi connectivity index (χ0n) is 11.6. The summed E-state index contributed by atoms with van der Waals surface area (Å²) < 4.78 is 49.7. The summed E-state index contributed by atoms with van der Waals surface area (Å²) in [5, 5.41) is 3.78. The van der Waals surface area contributed by atoms with E-state index in [1.165, 1.54) is 24.5 Å². The second kappa shape index (κ2) is 5.76. The van der Waals surface area contributed by atoms with Crippen LogP contribution in [0.2, 0.25) is 0 Å². The molecule has 0 aliphatic rings. The van der Waals surface area contributed by atoms with Crippen LogP contribution in [0, 0.1) is 0 Å². The number of aromatic nitrogens is 1. The van der Waals surface area contributed by atoms with Gasteiger partial charge in [0.15, 0.2) is 0 Å². The molecule has 7 nitrogen and oxygen atoms in total. The molecule has 1 heterocycles. The van der Waals surface area contributed by atoms with Crippen molar-refractivity contribution in [1.29, 1.82) is 0 Å². The normalized spacial score (nSPS) is 15.0. The molecule has 0 aromatic carbocycles. The molecule has 0 saturated heterocycles. The number of pyridine rings is 1. The van der Waals surface area contributed by atoms with Crippen LogP contribution in [0.15, 0.2) is 24.5 Å². The summed E-state index contributed by atoms with van der Waals surface area (Å²) >= 11 is 0. The molecular weight excluding hydrogens is 302 g/mol. The number of hydrogen-bond donors (Lipinski definition) is 2. The van der Waals surface area contributed by atoms with Gasteiger partial charge < -0.3 is 0 Å². The molecule has 1 aromatic rings. The van der Waals surface area contributed by atoms with Gasteiger partial charge in [0.1, 0.15) is 5.25 Å². The van der Waals surface area contributed by atoms with Crippen LogP contribution >= 0.6 is 0 Å². The Bertz CT molecular complexity index is 649. The van der Waals surface area contributed by atoms with Crippen LogP contribution in [0.5, 0.6) is 0 Å². The van der Waals surface area contributed by atoms with Gasteiger partial charge in [0.2, 0.25) is 20.0 Å². The lowest BCUT2D eigenvalue weighted by atomic mass is 10.1. The number of sulfonamides is 2. The first-order valence-electron chi connectivity index (χ1n) is 5.84. The average Bonchev–Trinajstić information content (AvgIpc) is 2.22. The van der Waals surface area contributed by atoms with Crippen molar-refractivity contribution >= 4 is 20.0 Å². The van der Waals surface area contributed by atoms with Crippen molar-refractivity contribution in [1.82, 2.24) is 9.71 Å². The summed E-state index contributed by atoms with van der Waals surface area (Å²) in [4.78, 5) is 3.79. The maximum absolute atomic E-state index is 12.0. The summed E-state index contributed by atoms with van der Waals surface area (Å²) in [7, 11) is -7.87. The second-order valence-electron chi connectivity index (χ2n) is 5.50. The van der Waals surface area contributed by atoms with Crippen LogP contribution < -0.4 is 9.86 Å². The molecule has 1 rings (SSSR count). The lowest BCUT2D eigenvalue weighted by Gasteiger charge is -2.22. The van der Waals surface area contributed by atoms with Gasteiger partial charge in [-0.05, 0) is 32.4 Å². The Labute approximate surface area is 119 Å². The van der Waals surface area contributed by atoms with Gasteiger partial charge in [0.05, 0.1) is 5.75 Å². The zero-order valence-corrected chi connectivity index (χ0v) is 13.2. The van der Waals surface area contributed by atoms with E-state index in [-0.39, 0.29) is 5.56 Å². The first kappa shape index (κ1) is 17.0. The molecule has 0 fully saturated rings. The fourth-order valence-corrected chi connectivity index (χ4v) is 5.08. The highest BCUT2D eigenvalue weighted by Crippen LogP contribution is 2.21. The summed E-state index contributed by atoms with van der Waals surface area (Å²) in [5.41, 5.74) is -0.453. The molecule has 0 bridgehead atoms. The molecule has 20 heavy (non-hydrogen) atoms. The Balaban J connectivity index is 3.11. The van der Waals surface area contributed by atoms with E-state index in [9.17, 15) is 16.8 Å². The van der Waals surface area contributed by atoms with E-state index in [2.05, 4.69) is 9.71 Å². The first-order valence-corrected chi connectivity index (χ1v) is 9.10. The predicted molar refractivity (Wildman–Crippen MR) is 76.8 cm³/mol. The predicted octanol–water partition coefficient (Wildman–Crippen LogP) is 0.129. The van der Waals surface area contributed by atoms with Crippen molar-refractivity contribution in [2.45, 2.75) is 31.6 Å². The number of nitrogens with zero attached hydrogens (tertiary/aromatic N) is 1. The average molecular weight is 321 g/mol. The molecular formula is C11H19N3O4S2. The number of rotatable bonds is 5. The van der Waals surface area contributed by atoms with Gasteiger partial charge in [0, 0.05) is 17.9 Å². The van der Waals surface area contributed by atoms with Crippen molar-refractivity contribution < 1.29 is 16.8 Å². The summed E-state index contributed by atoms with van der Waals surface area (Å²) in [6.07, 6.45) is 2.76. The van der Waals surface area contributed by atoms with E-state index in [1.807, 2.05) is 0 Å². The van der Waals surface area contributed by atoms with Gasteiger partial charge in [0.25, 0.3) is 0 Å². The van der Waals surface area contributed by atoms with Crippen LogP contribution in [-0.2, 0) is 20.0 Å². The Morgan fingerprint density at radius 3 is 2.30 bits per heavy atom. The minimum atomic E-state index is -4.07. The molecule has 0 aliphatic heterocycles. The molecule has 0 saturated carbocycles. The number of primary sulfonamides is 1. The fraction of sp³-hybridized carbons (Fsp3) is 0.545. The van der Waals surface area contributed by atoms with Gasteiger partial charge in [-0.15, -0.1) is 0 Å². The second-order valence-corrected chi connectivity index (χ2v) is 9.01. The maximum Gasteiger partial charge on any atom is 0.217 e. The van der Waals surface area contributed by atoms with Crippen LogP contribution in [0.3, 0.4) is 0 Å². The summed E-state index contributed by atoms with van der Waals surface area (Å²) in [5.74, 6) is -0.644. The molecule has 0 amide bonds. The Hall–Kier alpha value is -1.03. The first-order chi connectivity index (χ1) is 8.91. The monoisotopic (exact) mass is 321 g/mol. The van der Waals surface area contributed by atoms with E-state index in [0.717, 1.165) is 0 Å². The Morgan fingerprint density at radius 1 is 1.30 bits per heavy atom. The quantitative estimate of drug-likeness (QED) is 0.799. The summed E-state index contributed by atoms with van der Waals surface area (Å²) in [6, 6.07) is 3.01. The van der Waals surface area contributed by atoms with Crippen molar-refractivity contribution in [3.63, 3.8) is 0 Å². The molecule has 1 aromatic heterocycles. The van der Waals surface area contributed by atoms with Crippen LogP contribution in [-0.4, -0.2) is 33.1 Å². The largest absolute Gasteiger partial charge is 0.264 e. The Kier molecular flexibility index (Phi) is 4.90. The molecule has 0 aliphatic carbocycles. The van der Waals surface area contributed by atoms with Crippen LogP contribution in [0.4, 0.5) is 0 Å². The highest BCUT2D eigenvalue weighted by atomic mass is 32.2. The third-order valence-corrected chi connectivity index (χ3v) is 5.42. The highest BCUT2D eigenvalue weighted by Gasteiger charge is 2.31. The lowest BCUT2D eigenvalue weighted by Crippen LogP contribution is -2.44. The molecule has 0 radical (unpaired) electrons. The van der Waals surface area contributed by atoms with Gasteiger partial charge in [-0.2, -0.15) is 0 Å². The van der Waals surface area contributed by atoms with Crippen LogP contribution in [0.1, 0.15) is 31.6 Å². The standard InChI is InChI=1S/C11H19N3O4S2/c1-11(2,3)14-19(15,16)8-10(20(12,17)18)9-5-4-6-13-7-9/h4-7,10,14H,8H2,1-3H3,(H2,12,17,18). The van der Waals surface area contributed by atoms with Gasteiger partial charge in [-0.3, -0.25) is 4.98 Å². The highest BCUT2D eigenvalue weighted by molar-refractivity contribution is 7.93. The van der Waals surface area contributed by atoms with Crippen molar-refractivity contribution in [3.05, 3.63) is 30.1 Å². The van der Waals surface area contributed by atoms with E-state index in [1.54, 1.807) is 20.8 Å². The zero-order chi connectivity index (χ0) is 15.6. The smallest absolute Gasteiger partial charge is 0.217 e. The van der Waals surface area contributed by atoms with Gasteiger partial charge in [-0.25, -0.2) is 26.7 Å². The van der Waals surface area contributed by atoms with Crippen molar-refractivity contribution in [2.75, 3.05) is 5.75 Å². The summed E-state index contributed by atoms with van der Waals surface area (Å²) in [6.45, 7) is 5.00. The van der Waals surface area contributed by atoms with Gasteiger partial charge in [-0.1, -0.05) is 6.07 Å². The third-order valence-electron chi connectivity index (χ3n) is 2.29. The van der Waals surface area contributed by atoms with Crippen molar-refractivity contribution in [3.8, 4) is 0 Å². The van der Waals surface area contributed by atoms with E-state index in [0.29, 0.717) is 0 Å². The number of hydrogen-bond acceptors (Lipinski definition) is 5. The van der Waals surface area contributed by atoms with E-state index >= 15 is 0 Å². The van der Waals surface area contributed by atoms with E-state index in [4.69, 9.17) is 5.14 Å².